The average Bonchev–Trinajstić information content (AvgIpc) is 1.54. The summed E-state index contributed by atoms with van der Waals surface area (Å²) in [6, 6.07) is 3.11. The molecule has 8 bridgehead atoms. The number of nitrogens with zero attached hydrogens (tertiary/aromatic N) is 5. The fraction of sp³-hybridized carbons (Fsp3) is 0.597. The number of carbonyl (C=O) groups is 9. The van der Waals surface area contributed by atoms with Crippen LogP contribution in [0, 0.1) is 59.2 Å². The van der Waals surface area contributed by atoms with Gasteiger partial charge in [-0.05, 0) is 120 Å². The summed E-state index contributed by atoms with van der Waals surface area (Å²) in [6.45, 7) is 19.5. The SMILES string of the molecule is CC1=C2N=C(C=C3N/C(=C(/C)C4=N[C@@](C)([C@@H]5N=C1[C@](C)(CCC(=O)NCCNC(=O)CNC(=O)Cn1cnc6cc(C)c(C)cc61)[C@H]5CCC(N)=O)[C@@](C)(CCC(N)=O)[C@@H]4CCC(N)=O)[C@@](C)(CC(N)=O)[C@@H]3CCC(N)=O)C(C)(C)[C@@H]2CCC(N)=O. The van der Waals surface area contributed by atoms with Crippen LogP contribution in [0.2, 0.25) is 0 Å². The molecule has 1 aromatic heterocycles. The van der Waals surface area contributed by atoms with Crippen molar-refractivity contribution in [2.75, 3.05) is 19.6 Å². The predicted molar refractivity (Wildman–Crippen MR) is 327 cm³/mol. The number of carbonyl (C=O) groups excluding carboxylic acids is 9. The van der Waals surface area contributed by atoms with Gasteiger partial charge in [-0.25, -0.2) is 4.98 Å². The summed E-state index contributed by atoms with van der Waals surface area (Å²) in [4.78, 5) is 139. The molecule has 24 heteroatoms. The van der Waals surface area contributed by atoms with E-state index in [0.717, 1.165) is 22.2 Å². The fourth-order valence-electron chi connectivity index (χ4n) is 14.7. The van der Waals surface area contributed by atoms with Gasteiger partial charge in [0.05, 0.1) is 35.5 Å². The second kappa shape index (κ2) is 25.5. The van der Waals surface area contributed by atoms with Gasteiger partial charge in [-0.3, -0.25) is 58.1 Å². The first-order valence-corrected chi connectivity index (χ1v) is 29.8. The van der Waals surface area contributed by atoms with Gasteiger partial charge in [0.2, 0.25) is 53.2 Å². The fourth-order valence-corrected chi connectivity index (χ4v) is 14.7. The lowest BCUT2D eigenvalue weighted by Crippen LogP contribution is -2.54. The number of imidazole rings is 1. The average molecular weight is 1190 g/mol. The van der Waals surface area contributed by atoms with Gasteiger partial charge in [0, 0.05) is 132 Å². The number of aryl methyl sites for hydroxylation is 2. The number of primary amides is 6. The van der Waals surface area contributed by atoms with Gasteiger partial charge in [-0.15, -0.1) is 0 Å². The summed E-state index contributed by atoms with van der Waals surface area (Å²) >= 11 is 0. The van der Waals surface area contributed by atoms with Gasteiger partial charge >= 0.3 is 0 Å². The monoisotopic (exact) mass is 1190 g/mol. The third-order valence-electron chi connectivity index (χ3n) is 19.9. The smallest absolute Gasteiger partial charge is 0.240 e. The molecule has 7 rings (SSSR count). The van der Waals surface area contributed by atoms with E-state index >= 15 is 0 Å². The molecule has 2 aromatic rings. The number of aromatic nitrogens is 2. The number of rotatable bonds is 27. The zero-order chi connectivity index (χ0) is 63.6. The first kappa shape index (κ1) is 65.5. The minimum absolute atomic E-state index is 0.0132. The Balaban J connectivity index is 1.31. The van der Waals surface area contributed by atoms with E-state index in [0.29, 0.717) is 45.4 Å². The molecule has 0 radical (unpaired) electrons. The van der Waals surface area contributed by atoms with Crippen LogP contribution in [0.15, 0.2) is 67.8 Å². The zero-order valence-corrected chi connectivity index (χ0v) is 51.6. The molecule has 0 saturated carbocycles. The molecule has 9 amide bonds. The molecule has 0 unspecified atom stereocenters. The summed E-state index contributed by atoms with van der Waals surface area (Å²) in [7, 11) is 0. The van der Waals surface area contributed by atoms with Crippen LogP contribution in [-0.2, 0) is 49.7 Å². The van der Waals surface area contributed by atoms with Gasteiger partial charge in [-0.2, -0.15) is 0 Å². The minimum atomic E-state index is -1.29. The van der Waals surface area contributed by atoms with E-state index in [-0.39, 0.29) is 121 Å². The Bertz CT molecular complexity index is 3330. The van der Waals surface area contributed by atoms with E-state index in [1.54, 1.807) is 10.9 Å². The first-order valence-electron chi connectivity index (χ1n) is 29.8. The molecule has 1 fully saturated rings. The number of hydrogen-bond acceptors (Lipinski definition) is 14. The molecule has 6 heterocycles. The van der Waals surface area contributed by atoms with Crippen molar-refractivity contribution in [1.29, 1.82) is 0 Å². The highest BCUT2D eigenvalue weighted by Crippen LogP contribution is 2.63. The van der Waals surface area contributed by atoms with Crippen molar-refractivity contribution >= 4 is 81.3 Å². The maximum absolute atomic E-state index is 14.2. The van der Waals surface area contributed by atoms with Crippen molar-refractivity contribution in [3.05, 3.63) is 63.9 Å². The third-order valence-corrected chi connectivity index (χ3v) is 19.9. The second-order valence-electron chi connectivity index (χ2n) is 25.9. The number of aliphatic imine (C=N–C) groups is 3. The Labute approximate surface area is 502 Å². The van der Waals surface area contributed by atoms with Gasteiger partial charge in [0.1, 0.15) is 6.54 Å². The molecular weight excluding hydrogens is 1100 g/mol. The molecule has 1 aromatic carbocycles. The normalized spacial score (nSPS) is 28.1. The standard InChI is InChI=1S/C62H89N15O9/c1-32-25-41-42(26-33(32)2)77(31-72-41)30-52(86)71-29-51(85)70-24-23-69-50(84)20-21-59(7)39(14-18-47(66)81)57-62(10)61(9,22-19-48(67)82)38(13-17-46(65)80)54(76-62)35(4)56-60(8,28-49(68)83)36(11-15-44(63)78)40(73-56)27-43-58(5,6)37(12-16-45(64)79)53(74-43)34(3)55(59)75-57/h25-27,31,36-39,57,73H,11-24,28-30H2,1-10H3,(H2,63,78)(H2,64,79)(H2,65,80)(H2,66,81)(H2,67,82)(H2,68,83)(H,69,84)(H,70,85)(H,71,86)/b40-27?,53-34?,56-35-/t36-,37-,38-,39+,57-,59-,60+,61+,62+/m1/s1. The van der Waals surface area contributed by atoms with E-state index in [1.807, 2.05) is 87.4 Å². The molecule has 0 spiro atoms. The van der Waals surface area contributed by atoms with Crippen LogP contribution in [-0.4, -0.2) is 111 Å². The number of nitrogens with two attached hydrogens (primary N) is 6. The third kappa shape index (κ3) is 13.2. The summed E-state index contributed by atoms with van der Waals surface area (Å²) in [5, 5.41) is 12.0. The quantitative estimate of drug-likeness (QED) is 0.0580. The van der Waals surface area contributed by atoms with Crippen LogP contribution >= 0.6 is 0 Å². The number of allylic oxidation sites excluding steroid dienone is 6. The van der Waals surface area contributed by atoms with E-state index < -0.39 is 98.3 Å². The van der Waals surface area contributed by atoms with Crippen LogP contribution in [0.4, 0.5) is 0 Å². The Hall–Kier alpha value is -8.05. The second-order valence-corrected chi connectivity index (χ2v) is 25.9. The number of fused-ring (bicyclic) bond motifs is 7. The lowest BCUT2D eigenvalue weighted by molar-refractivity contribution is -0.126. The van der Waals surface area contributed by atoms with Gasteiger partial charge in [0.15, 0.2) is 0 Å². The summed E-state index contributed by atoms with van der Waals surface area (Å²) in [6.07, 6.45) is 4.28. The molecule has 1 saturated heterocycles. The summed E-state index contributed by atoms with van der Waals surface area (Å²) in [5.74, 6) is -6.74. The highest BCUT2D eigenvalue weighted by Gasteiger charge is 2.65. The van der Waals surface area contributed by atoms with E-state index in [9.17, 15) is 43.2 Å². The number of amides is 9. The molecule has 9 atom stereocenters. The molecule has 16 N–H and O–H groups in total. The highest BCUT2D eigenvalue weighted by atomic mass is 16.2. The zero-order valence-electron chi connectivity index (χ0n) is 51.6. The molecule has 5 aliphatic heterocycles. The van der Waals surface area contributed by atoms with Crippen molar-refractivity contribution < 1.29 is 43.2 Å². The maximum Gasteiger partial charge on any atom is 0.240 e. The molecule has 5 aliphatic rings. The summed E-state index contributed by atoms with van der Waals surface area (Å²) in [5.41, 5.74) is 39.2. The molecular formula is C62H89N15O9. The molecule has 0 aliphatic carbocycles. The van der Waals surface area contributed by atoms with Crippen molar-refractivity contribution in [1.82, 2.24) is 30.8 Å². The van der Waals surface area contributed by atoms with Crippen LogP contribution in [0.5, 0.6) is 0 Å². The number of benzene rings is 1. The van der Waals surface area contributed by atoms with Crippen LogP contribution in [0.1, 0.15) is 150 Å². The van der Waals surface area contributed by atoms with Crippen molar-refractivity contribution in [2.45, 2.75) is 171 Å². The largest absolute Gasteiger partial charge is 0.370 e. The van der Waals surface area contributed by atoms with Gasteiger partial charge < -0.3 is 60.2 Å². The number of nitrogens with one attached hydrogen (secondary N) is 4. The summed E-state index contributed by atoms with van der Waals surface area (Å²) < 4.78 is 1.72. The lowest BCUT2D eigenvalue weighted by atomic mass is 9.55. The molecule has 24 nitrogen and oxygen atoms in total. The van der Waals surface area contributed by atoms with Crippen molar-refractivity contribution in [2.24, 2.45) is 94.7 Å². The Morgan fingerprint density at radius 3 is 1.79 bits per heavy atom. The van der Waals surface area contributed by atoms with Crippen molar-refractivity contribution in [3.63, 3.8) is 0 Å². The first-order chi connectivity index (χ1) is 40.2. The number of hydrogen-bond donors (Lipinski definition) is 10. The molecule has 86 heavy (non-hydrogen) atoms. The minimum Gasteiger partial charge on any atom is -0.370 e. The highest BCUT2D eigenvalue weighted by molar-refractivity contribution is 6.10. The Morgan fingerprint density at radius 2 is 1.19 bits per heavy atom. The van der Waals surface area contributed by atoms with E-state index in [4.69, 9.17) is 49.4 Å². The predicted octanol–water partition coefficient (Wildman–Crippen LogP) is 3.03. The van der Waals surface area contributed by atoms with E-state index in [2.05, 4.69) is 26.3 Å². The molecule has 466 valence electrons. The Morgan fingerprint density at radius 1 is 0.616 bits per heavy atom. The lowest BCUT2D eigenvalue weighted by Gasteiger charge is -2.49. The Kier molecular flexibility index (Phi) is 19.4. The maximum atomic E-state index is 14.2. The van der Waals surface area contributed by atoms with Crippen LogP contribution in [0.3, 0.4) is 0 Å². The van der Waals surface area contributed by atoms with Crippen LogP contribution in [0.25, 0.3) is 11.0 Å². The topological polar surface area (TPSA) is 413 Å². The van der Waals surface area contributed by atoms with Gasteiger partial charge in [0.25, 0.3) is 0 Å². The van der Waals surface area contributed by atoms with Gasteiger partial charge in [-0.1, -0.05) is 34.6 Å². The van der Waals surface area contributed by atoms with Crippen LogP contribution < -0.4 is 55.7 Å². The van der Waals surface area contributed by atoms with E-state index in [1.165, 1.54) is 0 Å². The van der Waals surface area contributed by atoms with Crippen molar-refractivity contribution in [3.8, 4) is 0 Å².